The van der Waals surface area contributed by atoms with Crippen LogP contribution < -0.4 is 5.73 Å². The van der Waals surface area contributed by atoms with Crippen molar-refractivity contribution in [3.63, 3.8) is 0 Å². The second-order valence-electron chi connectivity index (χ2n) is 3.72. The van der Waals surface area contributed by atoms with Crippen molar-refractivity contribution >= 4 is 17.5 Å². The molecule has 0 aliphatic heterocycles. The Hall–Kier alpha value is -1.95. The Balaban J connectivity index is 2.39. The van der Waals surface area contributed by atoms with E-state index in [1.165, 1.54) is 10.7 Å². The summed E-state index contributed by atoms with van der Waals surface area (Å²) in [6.07, 6.45) is 3.26. The van der Waals surface area contributed by atoms with Gasteiger partial charge in [-0.3, -0.25) is 4.79 Å². The normalized spacial score (nSPS) is 10.6. The van der Waals surface area contributed by atoms with E-state index in [4.69, 9.17) is 17.3 Å². The van der Waals surface area contributed by atoms with Crippen molar-refractivity contribution in [3.8, 4) is 5.82 Å². The minimum Gasteiger partial charge on any atom is -0.364 e. The van der Waals surface area contributed by atoms with Gasteiger partial charge in [0.25, 0.3) is 5.91 Å². The SMILES string of the molecule is CCCc1nc(Cl)cc(-n2ccc(C(N)=O)n2)n1. The van der Waals surface area contributed by atoms with E-state index in [0.717, 1.165) is 12.8 Å². The van der Waals surface area contributed by atoms with Crippen LogP contribution in [0, 0.1) is 0 Å². The fourth-order valence-corrected chi connectivity index (χ4v) is 1.68. The molecule has 2 N–H and O–H groups in total. The van der Waals surface area contributed by atoms with Gasteiger partial charge in [0.05, 0.1) is 0 Å². The Bertz CT molecular complexity index is 581. The first kappa shape index (κ1) is 12.5. The summed E-state index contributed by atoms with van der Waals surface area (Å²) in [6, 6.07) is 3.11. The van der Waals surface area contributed by atoms with Crippen molar-refractivity contribution < 1.29 is 4.79 Å². The van der Waals surface area contributed by atoms with Gasteiger partial charge in [-0.05, 0) is 12.5 Å². The predicted molar refractivity (Wildman–Crippen MR) is 66.7 cm³/mol. The molecular weight excluding hydrogens is 254 g/mol. The fraction of sp³-hybridized carbons (Fsp3) is 0.273. The van der Waals surface area contributed by atoms with Crippen molar-refractivity contribution in [1.82, 2.24) is 19.7 Å². The van der Waals surface area contributed by atoms with E-state index < -0.39 is 5.91 Å². The molecule has 0 saturated carbocycles. The Labute approximate surface area is 109 Å². The van der Waals surface area contributed by atoms with Crippen LogP contribution in [0.1, 0.15) is 29.7 Å². The van der Waals surface area contributed by atoms with Crippen molar-refractivity contribution in [1.29, 1.82) is 0 Å². The van der Waals surface area contributed by atoms with Crippen LogP contribution in [0.5, 0.6) is 0 Å². The van der Waals surface area contributed by atoms with Gasteiger partial charge in [0.15, 0.2) is 5.82 Å². The molecule has 0 aliphatic carbocycles. The minimum atomic E-state index is -0.581. The zero-order valence-corrected chi connectivity index (χ0v) is 10.6. The molecule has 18 heavy (non-hydrogen) atoms. The molecule has 2 heterocycles. The number of nitrogens with zero attached hydrogens (tertiary/aromatic N) is 4. The molecule has 0 bridgehead atoms. The summed E-state index contributed by atoms with van der Waals surface area (Å²) in [4.78, 5) is 19.4. The van der Waals surface area contributed by atoms with Crippen LogP contribution in [0.3, 0.4) is 0 Å². The molecular formula is C11H12ClN5O. The molecule has 1 amide bonds. The molecule has 0 radical (unpaired) electrons. The van der Waals surface area contributed by atoms with Crippen molar-refractivity contribution in [3.05, 3.63) is 35.0 Å². The van der Waals surface area contributed by atoms with Crippen molar-refractivity contribution in [2.24, 2.45) is 5.73 Å². The van der Waals surface area contributed by atoms with Gasteiger partial charge in [0, 0.05) is 18.7 Å². The van der Waals surface area contributed by atoms with Crippen LogP contribution in [0.15, 0.2) is 18.3 Å². The third-order valence-electron chi connectivity index (χ3n) is 2.28. The quantitative estimate of drug-likeness (QED) is 0.846. The number of amides is 1. The summed E-state index contributed by atoms with van der Waals surface area (Å²) in [7, 11) is 0. The summed E-state index contributed by atoms with van der Waals surface area (Å²) >= 11 is 5.92. The molecule has 0 atom stereocenters. The second kappa shape index (κ2) is 5.14. The van der Waals surface area contributed by atoms with Crippen LogP contribution in [0.4, 0.5) is 0 Å². The van der Waals surface area contributed by atoms with Crippen LogP contribution >= 0.6 is 11.6 Å². The maximum Gasteiger partial charge on any atom is 0.269 e. The van der Waals surface area contributed by atoms with E-state index in [1.807, 2.05) is 6.92 Å². The summed E-state index contributed by atoms with van der Waals surface area (Å²) in [5.41, 5.74) is 5.32. The van der Waals surface area contributed by atoms with E-state index in [9.17, 15) is 4.79 Å². The van der Waals surface area contributed by atoms with E-state index in [2.05, 4.69) is 15.1 Å². The highest BCUT2D eigenvalue weighted by atomic mass is 35.5. The topological polar surface area (TPSA) is 86.7 Å². The van der Waals surface area contributed by atoms with Gasteiger partial charge >= 0.3 is 0 Å². The lowest BCUT2D eigenvalue weighted by Crippen LogP contribution is -2.12. The molecule has 94 valence electrons. The van der Waals surface area contributed by atoms with E-state index in [0.29, 0.717) is 16.8 Å². The molecule has 2 aromatic rings. The van der Waals surface area contributed by atoms with Crippen LogP contribution in [0.2, 0.25) is 5.15 Å². The molecule has 0 saturated heterocycles. The van der Waals surface area contributed by atoms with Gasteiger partial charge in [-0.2, -0.15) is 5.10 Å². The van der Waals surface area contributed by atoms with Crippen LogP contribution in [-0.4, -0.2) is 25.7 Å². The molecule has 0 fully saturated rings. The monoisotopic (exact) mass is 265 g/mol. The van der Waals surface area contributed by atoms with Crippen molar-refractivity contribution in [2.45, 2.75) is 19.8 Å². The highest BCUT2D eigenvalue weighted by Crippen LogP contribution is 2.12. The first-order valence-electron chi connectivity index (χ1n) is 5.49. The first-order valence-corrected chi connectivity index (χ1v) is 5.87. The number of hydrogen-bond acceptors (Lipinski definition) is 4. The number of rotatable bonds is 4. The maximum absolute atomic E-state index is 11.0. The van der Waals surface area contributed by atoms with Gasteiger partial charge in [-0.1, -0.05) is 18.5 Å². The Morgan fingerprint density at radius 1 is 1.50 bits per heavy atom. The molecule has 0 spiro atoms. The van der Waals surface area contributed by atoms with Crippen LogP contribution in [-0.2, 0) is 6.42 Å². The number of aryl methyl sites for hydroxylation is 1. The van der Waals surface area contributed by atoms with Gasteiger partial charge in [0.2, 0.25) is 0 Å². The molecule has 7 heteroatoms. The number of carbonyl (C=O) groups is 1. The smallest absolute Gasteiger partial charge is 0.269 e. The number of aromatic nitrogens is 4. The summed E-state index contributed by atoms with van der Waals surface area (Å²) < 4.78 is 1.45. The van der Waals surface area contributed by atoms with Gasteiger partial charge < -0.3 is 5.73 Å². The average molecular weight is 266 g/mol. The van der Waals surface area contributed by atoms with E-state index >= 15 is 0 Å². The second-order valence-corrected chi connectivity index (χ2v) is 4.11. The Morgan fingerprint density at radius 3 is 2.89 bits per heavy atom. The lowest BCUT2D eigenvalue weighted by Gasteiger charge is -2.04. The average Bonchev–Trinajstić information content (AvgIpc) is 2.78. The highest BCUT2D eigenvalue weighted by molar-refractivity contribution is 6.29. The lowest BCUT2D eigenvalue weighted by atomic mass is 10.3. The highest BCUT2D eigenvalue weighted by Gasteiger charge is 2.09. The summed E-state index contributed by atoms with van der Waals surface area (Å²) in [5, 5.41) is 4.36. The molecule has 0 unspecified atom stereocenters. The minimum absolute atomic E-state index is 0.182. The summed E-state index contributed by atoms with van der Waals surface area (Å²) in [6.45, 7) is 2.03. The Kier molecular flexibility index (Phi) is 3.57. The van der Waals surface area contributed by atoms with E-state index in [-0.39, 0.29) is 5.69 Å². The van der Waals surface area contributed by atoms with E-state index in [1.54, 1.807) is 12.3 Å². The lowest BCUT2D eigenvalue weighted by molar-refractivity contribution is 0.0995. The third kappa shape index (κ3) is 2.65. The zero-order chi connectivity index (χ0) is 13.1. The van der Waals surface area contributed by atoms with Gasteiger partial charge in [-0.15, -0.1) is 0 Å². The number of hydrogen-bond donors (Lipinski definition) is 1. The largest absolute Gasteiger partial charge is 0.364 e. The number of nitrogens with two attached hydrogens (primary N) is 1. The molecule has 0 aromatic carbocycles. The van der Waals surface area contributed by atoms with Crippen molar-refractivity contribution in [2.75, 3.05) is 0 Å². The Morgan fingerprint density at radius 2 is 2.28 bits per heavy atom. The van der Waals surface area contributed by atoms with Gasteiger partial charge in [-0.25, -0.2) is 14.6 Å². The number of halogens is 1. The van der Waals surface area contributed by atoms with Gasteiger partial charge in [0.1, 0.15) is 16.7 Å². The number of primary amides is 1. The molecule has 0 aliphatic rings. The molecule has 2 rings (SSSR count). The predicted octanol–water partition coefficient (Wildman–Crippen LogP) is 1.37. The first-order chi connectivity index (χ1) is 8.60. The zero-order valence-electron chi connectivity index (χ0n) is 9.80. The summed E-state index contributed by atoms with van der Waals surface area (Å²) in [5.74, 6) is 0.588. The maximum atomic E-state index is 11.0. The molecule has 2 aromatic heterocycles. The molecule has 6 nitrogen and oxygen atoms in total. The standard InChI is InChI=1S/C11H12ClN5O/c1-2-3-9-14-8(12)6-10(15-9)17-5-4-7(16-17)11(13)18/h4-6H,2-3H2,1H3,(H2,13,18). The van der Waals surface area contributed by atoms with Crippen LogP contribution in [0.25, 0.3) is 5.82 Å². The number of carbonyl (C=O) groups excluding carboxylic acids is 1. The fourth-order valence-electron chi connectivity index (χ4n) is 1.49. The third-order valence-corrected chi connectivity index (χ3v) is 2.47.